The zero-order valence-electron chi connectivity index (χ0n) is 7.42. The molecule has 0 spiro atoms. The molecule has 4 N–H and O–H groups in total. The van der Waals surface area contributed by atoms with E-state index in [1.165, 1.54) is 12.3 Å². The topological polar surface area (TPSA) is 76.8 Å². The zero-order chi connectivity index (χ0) is 11.4. The Morgan fingerprint density at radius 3 is 2.53 bits per heavy atom. The van der Waals surface area contributed by atoms with E-state index in [9.17, 15) is 4.39 Å². The third-order valence-electron chi connectivity index (χ3n) is 1.41. The fourth-order valence-corrected chi connectivity index (χ4v) is 1.57. The fraction of sp³-hybridized carbons (Fsp3) is 0. The minimum absolute atomic E-state index is 0.136. The van der Waals surface area contributed by atoms with Crippen LogP contribution in [0.25, 0.3) is 0 Å². The Hall–Kier alpha value is -0.950. The van der Waals surface area contributed by atoms with Crippen LogP contribution in [-0.4, -0.2) is 12.2 Å². The molecular weight excluding hydrogens is 331 g/mol. The molecule has 0 saturated carbocycles. The van der Waals surface area contributed by atoms with Crippen molar-refractivity contribution in [3.63, 3.8) is 0 Å². The molecule has 0 amide bonds. The van der Waals surface area contributed by atoms with Gasteiger partial charge in [-0.3, -0.25) is 0 Å². The number of guanidine groups is 1. The van der Waals surface area contributed by atoms with Crippen molar-refractivity contribution >= 4 is 44.0 Å². The first kappa shape index (κ1) is 12.1. The van der Waals surface area contributed by atoms with Crippen LogP contribution in [0.15, 0.2) is 31.3 Å². The number of halogens is 3. The van der Waals surface area contributed by atoms with Crippen LogP contribution in [0.1, 0.15) is 5.56 Å². The molecule has 0 fully saturated rings. The Morgan fingerprint density at radius 1 is 1.27 bits per heavy atom. The molecule has 7 heteroatoms. The first-order valence-corrected chi connectivity index (χ1v) is 5.36. The Morgan fingerprint density at radius 2 is 1.93 bits per heavy atom. The molecule has 0 bridgehead atoms. The Labute approximate surface area is 103 Å². The molecule has 1 aromatic rings. The summed E-state index contributed by atoms with van der Waals surface area (Å²) < 4.78 is 13.9. The van der Waals surface area contributed by atoms with Gasteiger partial charge < -0.3 is 11.5 Å². The predicted octanol–water partition coefficient (Wildman–Crippen LogP) is 1.96. The Kier molecular flexibility index (Phi) is 4.22. The fourth-order valence-electron chi connectivity index (χ4n) is 0.795. The van der Waals surface area contributed by atoms with Gasteiger partial charge in [0.05, 0.1) is 10.7 Å². The maximum Gasteiger partial charge on any atom is 0.211 e. The lowest BCUT2D eigenvalue weighted by Crippen LogP contribution is -2.21. The third-order valence-corrected chi connectivity index (χ3v) is 2.70. The average Bonchev–Trinajstić information content (AvgIpc) is 2.13. The van der Waals surface area contributed by atoms with Crippen molar-refractivity contribution in [1.82, 2.24) is 0 Å². The smallest absolute Gasteiger partial charge is 0.211 e. The highest BCUT2D eigenvalue weighted by Crippen LogP contribution is 2.23. The molecule has 1 aromatic carbocycles. The lowest BCUT2D eigenvalue weighted by Gasteiger charge is -1.99. The van der Waals surface area contributed by atoms with E-state index >= 15 is 0 Å². The van der Waals surface area contributed by atoms with E-state index in [0.717, 1.165) is 0 Å². The summed E-state index contributed by atoms with van der Waals surface area (Å²) in [6.07, 6.45) is 1.41. The maximum atomic E-state index is 13.0. The van der Waals surface area contributed by atoms with Crippen LogP contribution in [-0.2, 0) is 0 Å². The summed E-state index contributed by atoms with van der Waals surface area (Å²) in [7, 11) is 0. The van der Waals surface area contributed by atoms with Gasteiger partial charge in [0.2, 0.25) is 5.96 Å². The second-order valence-electron chi connectivity index (χ2n) is 2.56. The molecule has 0 unspecified atom stereocenters. The van der Waals surface area contributed by atoms with Crippen molar-refractivity contribution in [3.8, 4) is 0 Å². The molecule has 4 nitrogen and oxygen atoms in total. The van der Waals surface area contributed by atoms with Crippen LogP contribution in [0.4, 0.5) is 4.39 Å². The van der Waals surface area contributed by atoms with E-state index in [2.05, 4.69) is 42.1 Å². The number of hydrogen-bond donors (Lipinski definition) is 2. The van der Waals surface area contributed by atoms with E-state index in [1.54, 1.807) is 6.07 Å². The SMILES string of the molecule is NC(N)=NN=Cc1cc(Br)c(F)cc1Br. The van der Waals surface area contributed by atoms with Crippen molar-refractivity contribution in [1.29, 1.82) is 0 Å². The van der Waals surface area contributed by atoms with E-state index in [0.29, 0.717) is 14.5 Å². The first-order chi connectivity index (χ1) is 7.00. The van der Waals surface area contributed by atoms with Gasteiger partial charge in [-0.05, 0) is 28.1 Å². The van der Waals surface area contributed by atoms with Crippen molar-refractivity contribution in [2.45, 2.75) is 0 Å². The molecule has 80 valence electrons. The van der Waals surface area contributed by atoms with Crippen molar-refractivity contribution in [2.24, 2.45) is 21.7 Å². The van der Waals surface area contributed by atoms with Gasteiger partial charge in [0, 0.05) is 10.0 Å². The normalized spacial score (nSPS) is 10.6. The van der Waals surface area contributed by atoms with Gasteiger partial charge in [0.15, 0.2) is 0 Å². The van der Waals surface area contributed by atoms with E-state index in [-0.39, 0.29) is 11.8 Å². The molecule has 15 heavy (non-hydrogen) atoms. The summed E-state index contributed by atoms with van der Waals surface area (Å²) in [6, 6.07) is 2.88. The number of nitrogens with two attached hydrogens (primary N) is 2. The number of nitrogens with zero attached hydrogens (tertiary/aromatic N) is 2. The molecule has 0 atom stereocenters. The highest BCUT2D eigenvalue weighted by atomic mass is 79.9. The van der Waals surface area contributed by atoms with Crippen molar-refractivity contribution in [2.75, 3.05) is 0 Å². The summed E-state index contributed by atoms with van der Waals surface area (Å²) in [4.78, 5) is 0. The highest BCUT2D eigenvalue weighted by Gasteiger charge is 2.04. The molecule has 0 heterocycles. The van der Waals surface area contributed by atoms with Gasteiger partial charge in [-0.2, -0.15) is 5.10 Å². The summed E-state index contributed by atoms with van der Waals surface area (Å²) in [6.45, 7) is 0. The first-order valence-electron chi connectivity index (χ1n) is 3.77. The number of benzene rings is 1. The molecule has 0 saturated heterocycles. The summed E-state index contributed by atoms with van der Waals surface area (Å²) >= 11 is 6.24. The van der Waals surface area contributed by atoms with Crippen molar-refractivity contribution < 1.29 is 4.39 Å². The van der Waals surface area contributed by atoms with Gasteiger partial charge in [0.1, 0.15) is 5.82 Å². The number of hydrogen-bond acceptors (Lipinski definition) is 2. The van der Waals surface area contributed by atoms with Gasteiger partial charge in [-0.25, -0.2) is 4.39 Å². The summed E-state index contributed by atoms with van der Waals surface area (Å²) in [5.41, 5.74) is 10.8. The summed E-state index contributed by atoms with van der Waals surface area (Å²) in [5, 5.41) is 7.04. The maximum absolute atomic E-state index is 13.0. The van der Waals surface area contributed by atoms with Gasteiger partial charge in [-0.1, -0.05) is 15.9 Å². The van der Waals surface area contributed by atoms with E-state index < -0.39 is 0 Å². The summed E-state index contributed by atoms with van der Waals surface area (Å²) in [5.74, 6) is -0.496. The molecule has 0 aliphatic rings. The second-order valence-corrected chi connectivity index (χ2v) is 4.27. The van der Waals surface area contributed by atoms with Crippen LogP contribution in [0.5, 0.6) is 0 Å². The van der Waals surface area contributed by atoms with Gasteiger partial charge in [-0.15, -0.1) is 5.10 Å². The lowest BCUT2D eigenvalue weighted by atomic mass is 10.2. The largest absolute Gasteiger partial charge is 0.369 e. The lowest BCUT2D eigenvalue weighted by molar-refractivity contribution is 0.620. The van der Waals surface area contributed by atoms with E-state index in [4.69, 9.17) is 11.5 Å². The predicted molar refractivity (Wildman–Crippen MR) is 65.2 cm³/mol. The quantitative estimate of drug-likeness (QED) is 0.374. The Balaban J connectivity index is 3.01. The average molecular weight is 338 g/mol. The molecule has 0 radical (unpaired) electrons. The monoisotopic (exact) mass is 336 g/mol. The van der Waals surface area contributed by atoms with Crippen LogP contribution >= 0.6 is 31.9 Å². The van der Waals surface area contributed by atoms with Crippen LogP contribution < -0.4 is 11.5 Å². The molecule has 0 aromatic heterocycles. The minimum atomic E-state index is -0.360. The van der Waals surface area contributed by atoms with E-state index in [1.807, 2.05) is 0 Å². The highest BCUT2D eigenvalue weighted by molar-refractivity contribution is 9.11. The number of rotatable bonds is 2. The molecular formula is C8H7Br2FN4. The van der Waals surface area contributed by atoms with Crippen LogP contribution in [0, 0.1) is 5.82 Å². The molecule has 1 rings (SSSR count). The second kappa shape index (κ2) is 5.22. The van der Waals surface area contributed by atoms with Gasteiger partial charge >= 0.3 is 0 Å². The van der Waals surface area contributed by atoms with Crippen LogP contribution in [0.3, 0.4) is 0 Å². The standard InChI is InChI=1S/C8H7Br2FN4/c9-5-2-7(11)6(10)1-4(5)3-14-15-8(12)13/h1-3H,(H4,12,13,15). The van der Waals surface area contributed by atoms with Gasteiger partial charge in [0.25, 0.3) is 0 Å². The third kappa shape index (κ3) is 3.60. The van der Waals surface area contributed by atoms with Crippen molar-refractivity contribution in [3.05, 3.63) is 32.5 Å². The van der Waals surface area contributed by atoms with Crippen LogP contribution in [0.2, 0.25) is 0 Å². The molecule has 0 aliphatic carbocycles. The molecule has 0 aliphatic heterocycles. The minimum Gasteiger partial charge on any atom is -0.369 e. The zero-order valence-corrected chi connectivity index (χ0v) is 10.6. The Bertz CT molecular complexity index is 427.